The first-order valence-corrected chi connectivity index (χ1v) is 8.05. The highest BCUT2D eigenvalue weighted by Crippen LogP contribution is 2.21. The number of ketones is 1. The van der Waals surface area contributed by atoms with E-state index in [1.165, 1.54) is 6.92 Å². The Kier molecular flexibility index (Phi) is 6.13. The van der Waals surface area contributed by atoms with Gasteiger partial charge in [-0.15, -0.1) is 0 Å². The van der Waals surface area contributed by atoms with Crippen LogP contribution >= 0.6 is 0 Å². The molecule has 1 amide bonds. The molecule has 1 atom stereocenters. The quantitative estimate of drug-likeness (QED) is 0.788. The molecule has 0 spiro atoms. The fourth-order valence-electron chi connectivity index (χ4n) is 2.46. The van der Waals surface area contributed by atoms with Gasteiger partial charge in [-0.2, -0.15) is 0 Å². The molecule has 24 heavy (non-hydrogen) atoms. The molecular weight excluding hydrogens is 302 g/mol. The van der Waals surface area contributed by atoms with Gasteiger partial charge >= 0.3 is 0 Å². The highest BCUT2D eigenvalue weighted by Gasteiger charge is 2.18. The summed E-state index contributed by atoms with van der Waals surface area (Å²) in [6, 6.07) is 16.7. The van der Waals surface area contributed by atoms with Crippen LogP contribution in [0.5, 0.6) is 5.75 Å². The van der Waals surface area contributed by atoms with Crippen molar-refractivity contribution in [3.05, 3.63) is 65.7 Å². The van der Waals surface area contributed by atoms with Crippen LogP contribution in [0.15, 0.2) is 54.6 Å². The molecule has 0 aliphatic heterocycles. The minimum absolute atomic E-state index is 0.0335. The van der Waals surface area contributed by atoms with Crippen molar-refractivity contribution in [2.75, 3.05) is 6.61 Å². The maximum absolute atomic E-state index is 12.2. The van der Waals surface area contributed by atoms with E-state index >= 15 is 0 Å². The first-order chi connectivity index (χ1) is 11.5. The monoisotopic (exact) mass is 325 g/mol. The lowest BCUT2D eigenvalue weighted by Gasteiger charge is -2.23. The van der Waals surface area contributed by atoms with E-state index in [0.29, 0.717) is 11.3 Å². The Labute approximate surface area is 142 Å². The Morgan fingerprint density at radius 2 is 1.75 bits per heavy atom. The van der Waals surface area contributed by atoms with E-state index < -0.39 is 0 Å². The molecule has 4 heteroatoms. The zero-order valence-corrected chi connectivity index (χ0v) is 14.3. The lowest BCUT2D eigenvalue weighted by molar-refractivity contribution is -0.124. The van der Waals surface area contributed by atoms with Gasteiger partial charge in [0.15, 0.2) is 12.4 Å². The SMILES string of the molecule is CC(=O)c1cccc(OCC(=O)NC(c2ccccc2)C(C)C)c1. The molecular formula is C20H23NO3. The van der Waals surface area contributed by atoms with E-state index in [2.05, 4.69) is 19.2 Å². The maximum Gasteiger partial charge on any atom is 0.258 e. The summed E-state index contributed by atoms with van der Waals surface area (Å²) in [5.41, 5.74) is 1.64. The van der Waals surface area contributed by atoms with Crippen LogP contribution in [-0.2, 0) is 4.79 Å². The Morgan fingerprint density at radius 1 is 1.04 bits per heavy atom. The van der Waals surface area contributed by atoms with Crippen molar-refractivity contribution in [1.29, 1.82) is 0 Å². The van der Waals surface area contributed by atoms with E-state index in [1.807, 2.05) is 30.3 Å². The summed E-state index contributed by atoms with van der Waals surface area (Å²) >= 11 is 0. The van der Waals surface area contributed by atoms with Gasteiger partial charge in [-0.05, 0) is 30.5 Å². The van der Waals surface area contributed by atoms with Crippen LogP contribution in [0.4, 0.5) is 0 Å². The number of rotatable bonds is 7. The molecule has 0 saturated carbocycles. The zero-order chi connectivity index (χ0) is 17.5. The number of amides is 1. The van der Waals surface area contributed by atoms with Gasteiger partial charge in [0.1, 0.15) is 5.75 Å². The fourth-order valence-corrected chi connectivity index (χ4v) is 2.46. The normalized spacial score (nSPS) is 11.8. The lowest BCUT2D eigenvalue weighted by atomic mass is 9.96. The van der Waals surface area contributed by atoms with E-state index in [-0.39, 0.29) is 30.3 Å². The predicted octanol–water partition coefficient (Wildman–Crippen LogP) is 3.78. The van der Waals surface area contributed by atoms with Crippen molar-refractivity contribution in [2.45, 2.75) is 26.8 Å². The molecule has 0 aliphatic carbocycles. The van der Waals surface area contributed by atoms with Crippen molar-refractivity contribution in [1.82, 2.24) is 5.32 Å². The average Bonchev–Trinajstić information content (AvgIpc) is 2.58. The lowest BCUT2D eigenvalue weighted by Crippen LogP contribution is -2.35. The third-order valence-corrected chi connectivity index (χ3v) is 3.75. The largest absolute Gasteiger partial charge is 0.484 e. The second-order valence-electron chi connectivity index (χ2n) is 6.07. The van der Waals surface area contributed by atoms with Gasteiger partial charge in [-0.25, -0.2) is 0 Å². The molecule has 0 heterocycles. The fraction of sp³-hybridized carbons (Fsp3) is 0.300. The highest BCUT2D eigenvalue weighted by atomic mass is 16.5. The summed E-state index contributed by atoms with van der Waals surface area (Å²) in [7, 11) is 0. The van der Waals surface area contributed by atoms with E-state index in [1.54, 1.807) is 24.3 Å². The van der Waals surface area contributed by atoms with Gasteiger partial charge in [-0.3, -0.25) is 9.59 Å². The molecule has 2 aromatic carbocycles. The van der Waals surface area contributed by atoms with Gasteiger partial charge in [0.25, 0.3) is 5.91 Å². The number of Topliss-reactive ketones (excluding diaryl/α,β-unsaturated/α-hetero) is 1. The van der Waals surface area contributed by atoms with Crippen LogP contribution in [0, 0.1) is 5.92 Å². The van der Waals surface area contributed by atoms with Gasteiger partial charge in [-0.1, -0.05) is 56.3 Å². The van der Waals surface area contributed by atoms with E-state index in [4.69, 9.17) is 4.74 Å². The van der Waals surface area contributed by atoms with Crippen LogP contribution in [0.3, 0.4) is 0 Å². The molecule has 4 nitrogen and oxygen atoms in total. The van der Waals surface area contributed by atoms with Crippen LogP contribution in [0.2, 0.25) is 0 Å². The number of benzene rings is 2. The molecule has 0 aromatic heterocycles. The number of hydrogen-bond donors (Lipinski definition) is 1. The van der Waals surface area contributed by atoms with Crippen LogP contribution in [-0.4, -0.2) is 18.3 Å². The zero-order valence-electron chi connectivity index (χ0n) is 14.3. The number of ether oxygens (including phenoxy) is 1. The third-order valence-electron chi connectivity index (χ3n) is 3.75. The summed E-state index contributed by atoms with van der Waals surface area (Å²) in [4.78, 5) is 23.6. The van der Waals surface area contributed by atoms with Gasteiger partial charge in [0, 0.05) is 5.56 Å². The Hall–Kier alpha value is -2.62. The second kappa shape index (κ2) is 8.29. The Balaban J connectivity index is 1.97. The second-order valence-corrected chi connectivity index (χ2v) is 6.07. The maximum atomic E-state index is 12.2. The smallest absolute Gasteiger partial charge is 0.258 e. The van der Waals surface area contributed by atoms with Gasteiger partial charge < -0.3 is 10.1 Å². The topological polar surface area (TPSA) is 55.4 Å². The molecule has 0 radical (unpaired) electrons. The van der Waals surface area contributed by atoms with Crippen molar-refractivity contribution in [3.63, 3.8) is 0 Å². The molecule has 1 unspecified atom stereocenters. The molecule has 2 aromatic rings. The highest BCUT2D eigenvalue weighted by molar-refractivity contribution is 5.94. The minimum atomic E-state index is -0.189. The predicted molar refractivity (Wildman–Crippen MR) is 94.1 cm³/mol. The van der Waals surface area contributed by atoms with E-state index in [9.17, 15) is 9.59 Å². The standard InChI is InChI=1S/C20H23NO3/c1-14(2)20(16-8-5-4-6-9-16)21-19(23)13-24-18-11-7-10-17(12-18)15(3)22/h4-12,14,20H,13H2,1-3H3,(H,21,23). The number of carbonyl (C=O) groups is 2. The number of carbonyl (C=O) groups excluding carboxylic acids is 2. The Bertz CT molecular complexity index is 695. The summed E-state index contributed by atoms with van der Waals surface area (Å²) in [5, 5.41) is 3.01. The number of hydrogen-bond acceptors (Lipinski definition) is 3. The van der Waals surface area contributed by atoms with Crippen molar-refractivity contribution >= 4 is 11.7 Å². The summed E-state index contributed by atoms with van der Waals surface area (Å²) in [5.74, 6) is 0.552. The summed E-state index contributed by atoms with van der Waals surface area (Å²) in [6.07, 6.45) is 0. The molecule has 1 N–H and O–H groups in total. The van der Waals surface area contributed by atoms with Crippen LogP contribution in [0.25, 0.3) is 0 Å². The molecule has 2 rings (SSSR count). The van der Waals surface area contributed by atoms with Crippen LogP contribution in [0.1, 0.15) is 42.7 Å². The summed E-state index contributed by atoms with van der Waals surface area (Å²) < 4.78 is 5.51. The van der Waals surface area contributed by atoms with Crippen molar-refractivity contribution in [3.8, 4) is 5.75 Å². The Morgan fingerprint density at radius 3 is 2.38 bits per heavy atom. The van der Waals surface area contributed by atoms with Crippen LogP contribution < -0.4 is 10.1 Å². The van der Waals surface area contributed by atoms with E-state index in [0.717, 1.165) is 5.56 Å². The molecule has 0 aliphatic rings. The molecule has 0 saturated heterocycles. The van der Waals surface area contributed by atoms with Crippen molar-refractivity contribution in [2.24, 2.45) is 5.92 Å². The first kappa shape index (κ1) is 17.7. The minimum Gasteiger partial charge on any atom is -0.484 e. The average molecular weight is 325 g/mol. The third kappa shape index (κ3) is 4.95. The number of nitrogens with one attached hydrogen (secondary N) is 1. The van der Waals surface area contributed by atoms with Gasteiger partial charge in [0.05, 0.1) is 6.04 Å². The molecule has 0 fully saturated rings. The summed E-state index contributed by atoms with van der Waals surface area (Å²) in [6.45, 7) is 5.54. The van der Waals surface area contributed by atoms with Crippen molar-refractivity contribution < 1.29 is 14.3 Å². The first-order valence-electron chi connectivity index (χ1n) is 8.05. The molecule has 126 valence electrons. The molecule has 0 bridgehead atoms. The van der Waals surface area contributed by atoms with Gasteiger partial charge in [0.2, 0.25) is 0 Å².